The summed E-state index contributed by atoms with van der Waals surface area (Å²) in [6.45, 7) is 8.25. The van der Waals surface area contributed by atoms with Crippen molar-refractivity contribution in [2.24, 2.45) is 5.41 Å². The Morgan fingerprint density at radius 1 is 0.564 bits per heavy atom. The highest BCUT2D eigenvalue weighted by Gasteiger charge is 2.29. The van der Waals surface area contributed by atoms with E-state index in [2.05, 4.69) is 12.2 Å². The van der Waals surface area contributed by atoms with Crippen LogP contribution in [0.3, 0.4) is 0 Å². The van der Waals surface area contributed by atoms with E-state index in [1.807, 2.05) is 61.5 Å². The Balaban J connectivity index is 1.97. The van der Waals surface area contributed by atoms with Gasteiger partial charge in [-0.3, -0.25) is 19.2 Å². The molecule has 0 bridgehead atoms. The van der Waals surface area contributed by atoms with Crippen LogP contribution >= 0.6 is 0 Å². The molecule has 0 spiro atoms. The fourth-order valence-corrected chi connectivity index (χ4v) is 6.03. The standard InChI is InChI=1S/C35H28O4/c1-18(36)22-6-9-25-29(14-22)30-15-23(19(2)37)7-10-26(30)34-28-12-13-35(5,21(4)39)17-32(28)31-16-24(20(3)38)8-11-27(31)33(25)34/h6-12,14-17H,13H2,1-5H3. The molecule has 0 saturated heterocycles. The summed E-state index contributed by atoms with van der Waals surface area (Å²) in [4.78, 5) is 49.8. The minimum absolute atomic E-state index is 0.0221. The van der Waals surface area contributed by atoms with Crippen molar-refractivity contribution in [1.29, 1.82) is 0 Å². The molecular weight excluding hydrogens is 484 g/mol. The highest BCUT2D eigenvalue weighted by molar-refractivity contribution is 6.32. The molecule has 4 heteroatoms. The molecule has 0 aliphatic heterocycles. The van der Waals surface area contributed by atoms with Gasteiger partial charge >= 0.3 is 0 Å². The Labute approximate surface area is 225 Å². The Hall–Kier alpha value is -4.44. The van der Waals surface area contributed by atoms with Gasteiger partial charge in [0.2, 0.25) is 0 Å². The van der Waals surface area contributed by atoms with Crippen molar-refractivity contribution in [3.63, 3.8) is 0 Å². The summed E-state index contributed by atoms with van der Waals surface area (Å²) in [5.41, 5.74) is 1.18. The number of carbonyl (C=O) groups excluding carboxylic acids is 4. The second kappa shape index (κ2) is 8.54. The molecular formula is C35H28O4. The van der Waals surface area contributed by atoms with Gasteiger partial charge < -0.3 is 0 Å². The Morgan fingerprint density at radius 2 is 1.00 bits per heavy atom. The maximum atomic E-state index is 12.7. The lowest BCUT2D eigenvalue weighted by molar-refractivity contribution is -0.122. The third kappa shape index (κ3) is 3.66. The van der Waals surface area contributed by atoms with Crippen molar-refractivity contribution in [1.82, 2.24) is 0 Å². The molecule has 0 fully saturated rings. The van der Waals surface area contributed by atoms with E-state index in [0.29, 0.717) is 23.1 Å². The van der Waals surface area contributed by atoms with E-state index in [-0.39, 0.29) is 23.1 Å². The average molecular weight is 513 g/mol. The van der Waals surface area contributed by atoms with Gasteiger partial charge in [-0.25, -0.2) is 0 Å². The summed E-state index contributed by atoms with van der Waals surface area (Å²) in [7, 11) is 0. The van der Waals surface area contributed by atoms with Crippen LogP contribution in [0.1, 0.15) is 72.1 Å². The van der Waals surface area contributed by atoms with E-state index < -0.39 is 5.41 Å². The molecule has 1 aliphatic carbocycles. The zero-order chi connectivity index (χ0) is 27.8. The van der Waals surface area contributed by atoms with E-state index in [9.17, 15) is 19.2 Å². The molecule has 0 N–H and O–H groups in total. The number of ketones is 4. The van der Waals surface area contributed by atoms with Crippen LogP contribution in [0.15, 0.2) is 54.6 Å². The first-order valence-corrected chi connectivity index (χ1v) is 13.2. The molecule has 5 aromatic carbocycles. The topological polar surface area (TPSA) is 68.3 Å². The Kier molecular flexibility index (Phi) is 5.44. The van der Waals surface area contributed by atoms with Gasteiger partial charge in [-0.2, -0.15) is 0 Å². The first kappa shape index (κ1) is 24.9. The summed E-state index contributed by atoms with van der Waals surface area (Å²) in [6.07, 6.45) is 4.78. The zero-order valence-electron chi connectivity index (χ0n) is 22.7. The second-order valence-electron chi connectivity index (χ2n) is 11.1. The molecule has 1 aliphatic rings. The quantitative estimate of drug-likeness (QED) is 0.205. The Morgan fingerprint density at radius 3 is 1.46 bits per heavy atom. The molecule has 0 aromatic heterocycles. The SMILES string of the molecule is CC(=O)c1ccc2c(c1)c1c(c3c4ccc(C(C)=O)cc4c4cc(C(C)=O)ccc4c23)=CCC(C)(C(C)=O)C=1. The van der Waals surface area contributed by atoms with Crippen LogP contribution < -0.4 is 10.4 Å². The lowest BCUT2D eigenvalue weighted by atomic mass is 9.77. The molecule has 0 saturated carbocycles. The van der Waals surface area contributed by atoms with Gasteiger partial charge in [-0.05, 0) is 113 Å². The molecule has 39 heavy (non-hydrogen) atoms. The molecule has 6 rings (SSSR count). The van der Waals surface area contributed by atoms with Crippen LogP contribution in [0, 0.1) is 5.41 Å². The van der Waals surface area contributed by atoms with Crippen molar-refractivity contribution >= 4 is 78.4 Å². The summed E-state index contributed by atoms with van der Waals surface area (Å²) in [5.74, 6) is 0.0145. The largest absolute Gasteiger partial charge is 0.299 e. The summed E-state index contributed by atoms with van der Waals surface area (Å²) in [6, 6.07) is 17.3. The molecule has 5 aromatic rings. The van der Waals surface area contributed by atoms with Crippen LogP contribution in [0.5, 0.6) is 0 Å². The van der Waals surface area contributed by atoms with Gasteiger partial charge in [0.25, 0.3) is 0 Å². The smallest absolute Gasteiger partial charge is 0.159 e. The van der Waals surface area contributed by atoms with Crippen LogP contribution in [-0.2, 0) is 4.79 Å². The normalized spacial score (nSPS) is 16.6. The molecule has 192 valence electrons. The van der Waals surface area contributed by atoms with Crippen LogP contribution in [0.25, 0.3) is 55.2 Å². The average Bonchev–Trinajstić information content (AvgIpc) is 2.91. The van der Waals surface area contributed by atoms with E-state index in [1.54, 1.807) is 27.7 Å². The van der Waals surface area contributed by atoms with Gasteiger partial charge in [0, 0.05) is 22.1 Å². The summed E-state index contributed by atoms with van der Waals surface area (Å²) in [5, 5.41) is 9.70. The highest BCUT2D eigenvalue weighted by atomic mass is 16.1. The first-order valence-electron chi connectivity index (χ1n) is 13.2. The summed E-state index contributed by atoms with van der Waals surface area (Å²) < 4.78 is 0. The number of carbonyl (C=O) groups is 4. The number of hydrogen-bond acceptors (Lipinski definition) is 4. The van der Waals surface area contributed by atoms with Crippen molar-refractivity contribution in [2.75, 3.05) is 0 Å². The fraction of sp³-hybridized carbons (Fsp3) is 0.200. The third-order valence-electron chi connectivity index (χ3n) is 8.47. The minimum Gasteiger partial charge on any atom is -0.299 e. The molecule has 0 radical (unpaired) electrons. The zero-order valence-corrected chi connectivity index (χ0v) is 22.7. The van der Waals surface area contributed by atoms with E-state index >= 15 is 0 Å². The predicted molar refractivity (Wildman–Crippen MR) is 158 cm³/mol. The molecule has 4 nitrogen and oxygen atoms in total. The maximum Gasteiger partial charge on any atom is 0.159 e. The van der Waals surface area contributed by atoms with Crippen LogP contribution in [0.4, 0.5) is 0 Å². The van der Waals surface area contributed by atoms with Gasteiger partial charge in [-0.1, -0.05) is 48.6 Å². The third-order valence-corrected chi connectivity index (χ3v) is 8.47. The highest BCUT2D eigenvalue weighted by Crippen LogP contribution is 2.39. The number of benzene rings is 5. The fourth-order valence-electron chi connectivity index (χ4n) is 6.03. The lowest BCUT2D eigenvalue weighted by Gasteiger charge is -2.25. The molecule has 0 heterocycles. The van der Waals surface area contributed by atoms with Crippen LogP contribution in [0.2, 0.25) is 0 Å². The first-order chi connectivity index (χ1) is 18.5. The predicted octanol–water partition coefficient (Wildman–Crippen LogP) is 6.47. The maximum absolute atomic E-state index is 12.7. The van der Waals surface area contributed by atoms with Crippen LogP contribution in [-0.4, -0.2) is 23.1 Å². The Bertz CT molecular complexity index is 2110. The second-order valence-corrected chi connectivity index (χ2v) is 11.1. The number of hydrogen-bond donors (Lipinski definition) is 0. The number of Topliss-reactive ketones (excluding diaryl/α,β-unsaturated/α-hetero) is 4. The van der Waals surface area contributed by atoms with Gasteiger partial charge in [0.1, 0.15) is 5.78 Å². The number of rotatable bonds is 4. The minimum atomic E-state index is -0.648. The van der Waals surface area contributed by atoms with Gasteiger partial charge in [-0.15, -0.1) is 0 Å². The molecule has 1 unspecified atom stereocenters. The van der Waals surface area contributed by atoms with Crippen molar-refractivity contribution < 1.29 is 19.2 Å². The van der Waals surface area contributed by atoms with E-state index in [4.69, 9.17) is 0 Å². The van der Waals surface area contributed by atoms with Crippen molar-refractivity contribution in [2.45, 2.75) is 41.0 Å². The monoisotopic (exact) mass is 512 g/mol. The molecule has 0 amide bonds. The van der Waals surface area contributed by atoms with Crippen molar-refractivity contribution in [3.8, 4) is 0 Å². The van der Waals surface area contributed by atoms with Gasteiger partial charge in [0.15, 0.2) is 17.3 Å². The van der Waals surface area contributed by atoms with Gasteiger partial charge in [0.05, 0.1) is 0 Å². The summed E-state index contributed by atoms with van der Waals surface area (Å²) >= 11 is 0. The van der Waals surface area contributed by atoms with E-state index in [1.165, 1.54) is 0 Å². The van der Waals surface area contributed by atoms with Crippen molar-refractivity contribution in [3.05, 3.63) is 81.7 Å². The van der Waals surface area contributed by atoms with E-state index in [0.717, 1.165) is 53.5 Å². The lowest BCUT2D eigenvalue weighted by Crippen LogP contribution is -2.37. The molecule has 1 atom stereocenters. The number of fused-ring (bicyclic) bond motifs is 11.